The number of unbranched alkanes of at least 4 members (excludes halogenated alkanes) is 2. The summed E-state index contributed by atoms with van der Waals surface area (Å²) in [5.41, 5.74) is 2.11. The molecule has 38 heavy (non-hydrogen) atoms. The number of aliphatic carboxylic acids is 1. The van der Waals surface area contributed by atoms with E-state index >= 15 is 0 Å². The van der Waals surface area contributed by atoms with Crippen molar-refractivity contribution >= 4 is 17.9 Å². The van der Waals surface area contributed by atoms with Crippen LogP contribution in [0.1, 0.15) is 63.0 Å². The summed E-state index contributed by atoms with van der Waals surface area (Å²) in [6, 6.07) is 5.69. The lowest BCUT2D eigenvalue weighted by Gasteiger charge is -2.30. The van der Waals surface area contributed by atoms with Gasteiger partial charge >= 0.3 is 12.0 Å². The number of likely N-dealkylation sites (N-methyl/N-ethyl adjacent to an activating group) is 1. The van der Waals surface area contributed by atoms with Crippen LogP contribution < -0.4 is 4.74 Å². The summed E-state index contributed by atoms with van der Waals surface area (Å²) in [5.74, 6) is -0.779. The van der Waals surface area contributed by atoms with Crippen molar-refractivity contribution in [3.8, 4) is 5.75 Å². The molecule has 2 saturated heterocycles. The Morgan fingerprint density at radius 2 is 1.87 bits per heavy atom. The van der Waals surface area contributed by atoms with Gasteiger partial charge in [-0.25, -0.2) is 4.79 Å². The van der Waals surface area contributed by atoms with E-state index in [4.69, 9.17) is 4.74 Å². The number of ether oxygens (including phenoxy) is 1. The van der Waals surface area contributed by atoms with Crippen molar-refractivity contribution < 1.29 is 24.2 Å². The number of rotatable bonds is 13. The Morgan fingerprint density at radius 1 is 1.13 bits per heavy atom. The van der Waals surface area contributed by atoms with Gasteiger partial charge in [-0.2, -0.15) is 0 Å². The maximum absolute atomic E-state index is 13.5. The van der Waals surface area contributed by atoms with Gasteiger partial charge in [0.2, 0.25) is 5.91 Å². The first-order valence-corrected chi connectivity index (χ1v) is 14.3. The average molecular weight is 529 g/mol. The molecule has 3 aliphatic rings. The lowest BCUT2D eigenvalue weighted by Crippen LogP contribution is -2.46. The zero-order chi connectivity index (χ0) is 27.2. The number of urea groups is 1. The molecular formula is C29H44N4O5. The summed E-state index contributed by atoms with van der Waals surface area (Å²) in [5, 5.41) is 10.5. The Morgan fingerprint density at radius 3 is 2.50 bits per heavy atom. The molecule has 3 aliphatic heterocycles. The van der Waals surface area contributed by atoms with Crippen molar-refractivity contribution in [3.63, 3.8) is 0 Å². The topological polar surface area (TPSA) is 93.6 Å². The van der Waals surface area contributed by atoms with Gasteiger partial charge < -0.3 is 24.5 Å². The lowest BCUT2D eigenvalue weighted by atomic mass is 9.83. The Bertz CT molecular complexity index is 993. The number of likely N-dealkylation sites (tertiary alicyclic amines) is 1. The zero-order valence-corrected chi connectivity index (χ0v) is 23.2. The molecular weight excluding hydrogens is 484 g/mol. The second-order valence-electron chi connectivity index (χ2n) is 11.0. The molecule has 3 amide bonds. The molecule has 9 nitrogen and oxygen atoms in total. The highest BCUT2D eigenvalue weighted by atomic mass is 16.5. The molecule has 0 aromatic heterocycles. The van der Waals surface area contributed by atoms with Crippen LogP contribution in [0.5, 0.6) is 5.75 Å². The second-order valence-corrected chi connectivity index (χ2v) is 11.0. The van der Waals surface area contributed by atoms with Gasteiger partial charge in [0.15, 0.2) is 0 Å². The summed E-state index contributed by atoms with van der Waals surface area (Å²) in [7, 11) is 1.79. The van der Waals surface area contributed by atoms with E-state index in [1.807, 2.05) is 17.0 Å². The second kappa shape index (κ2) is 12.8. The number of carboxylic acid groups (broad SMARTS) is 1. The van der Waals surface area contributed by atoms with Gasteiger partial charge in [0.05, 0.1) is 19.1 Å². The standard InChI is InChI=1S/C29H44N4O5/c1-4-6-12-31(13-7-5-2)26(34)20-33-19-23(21-8-9-25-22(18-21)11-17-38-25)27(28(35)36)24(33)10-14-32-16-15-30(3)29(32)37/h8-9,18,23-24,27H,4-7,10-17,19-20H2,1-3H3,(H,35,36)/t23-,24+,27?/m1/s1. The van der Waals surface area contributed by atoms with E-state index in [0.29, 0.717) is 39.2 Å². The Balaban J connectivity index is 1.57. The highest BCUT2D eigenvalue weighted by Gasteiger charge is 2.47. The molecule has 1 unspecified atom stereocenters. The largest absolute Gasteiger partial charge is 0.493 e. The molecule has 9 heteroatoms. The fraction of sp³-hybridized carbons (Fsp3) is 0.690. The van der Waals surface area contributed by atoms with Crippen LogP contribution in [0.4, 0.5) is 4.79 Å². The minimum atomic E-state index is -0.842. The fourth-order valence-electron chi connectivity index (χ4n) is 6.16. The highest BCUT2D eigenvalue weighted by Crippen LogP contribution is 2.41. The summed E-state index contributed by atoms with van der Waals surface area (Å²) in [6.45, 7) is 8.90. The van der Waals surface area contributed by atoms with Gasteiger partial charge in [0, 0.05) is 64.7 Å². The Kier molecular flexibility index (Phi) is 9.52. The van der Waals surface area contributed by atoms with Gasteiger partial charge in [0.25, 0.3) is 0 Å². The van der Waals surface area contributed by atoms with E-state index < -0.39 is 11.9 Å². The number of benzene rings is 1. The van der Waals surface area contributed by atoms with E-state index in [-0.39, 0.29) is 30.4 Å². The van der Waals surface area contributed by atoms with Gasteiger partial charge in [-0.3, -0.25) is 14.5 Å². The molecule has 2 fully saturated rings. The normalized spacial score (nSPS) is 23.1. The minimum Gasteiger partial charge on any atom is -0.493 e. The van der Waals surface area contributed by atoms with Crippen molar-refractivity contribution in [1.29, 1.82) is 0 Å². The summed E-state index contributed by atoms with van der Waals surface area (Å²) in [6.07, 6.45) is 5.31. The number of carboxylic acids is 1. The molecule has 210 valence electrons. The number of carbonyl (C=O) groups is 3. The molecule has 0 saturated carbocycles. The number of hydrogen-bond acceptors (Lipinski definition) is 5. The van der Waals surface area contributed by atoms with Gasteiger partial charge in [-0.05, 0) is 36.5 Å². The van der Waals surface area contributed by atoms with Crippen LogP contribution >= 0.6 is 0 Å². The SMILES string of the molecule is CCCCN(CCCC)C(=O)CN1C[C@H](c2ccc3c(c2)CCO3)C(C(=O)O)[C@@H]1CCN1CCN(C)C1=O. The molecule has 0 bridgehead atoms. The average Bonchev–Trinajstić information content (AvgIpc) is 3.60. The lowest BCUT2D eigenvalue weighted by molar-refractivity contribution is -0.144. The van der Waals surface area contributed by atoms with Crippen molar-refractivity contribution in [2.45, 2.75) is 64.3 Å². The molecule has 4 rings (SSSR count). The number of amides is 3. The quantitative estimate of drug-likeness (QED) is 0.422. The van der Waals surface area contributed by atoms with E-state index in [2.05, 4.69) is 24.8 Å². The minimum absolute atomic E-state index is 0.0158. The van der Waals surface area contributed by atoms with Gasteiger partial charge in [-0.1, -0.05) is 38.8 Å². The maximum atomic E-state index is 13.5. The summed E-state index contributed by atoms with van der Waals surface area (Å²) >= 11 is 0. The zero-order valence-electron chi connectivity index (χ0n) is 23.2. The van der Waals surface area contributed by atoms with E-state index in [0.717, 1.165) is 62.1 Å². The monoisotopic (exact) mass is 528 g/mol. The van der Waals surface area contributed by atoms with Gasteiger partial charge in [0.1, 0.15) is 5.75 Å². The number of nitrogens with zero attached hydrogens (tertiary/aromatic N) is 4. The number of hydrogen-bond donors (Lipinski definition) is 1. The van der Waals surface area contributed by atoms with Crippen molar-refractivity contribution in [2.75, 3.05) is 59.5 Å². The molecule has 0 aliphatic carbocycles. The first-order valence-electron chi connectivity index (χ1n) is 14.3. The van der Waals surface area contributed by atoms with E-state index in [1.54, 1.807) is 16.8 Å². The number of carbonyl (C=O) groups excluding carboxylic acids is 2. The predicted octanol–water partition coefficient (Wildman–Crippen LogP) is 3.28. The molecule has 3 heterocycles. The molecule has 3 atom stereocenters. The third-order valence-corrected chi connectivity index (χ3v) is 8.43. The van der Waals surface area contributed by atoms with Crippen molar-refractivity contribution in [3.05, 3.63) is 29.3 Å². The molecule has 0 radical (unpaired) electrons. The van der Waals surface area contributed by atoms with Crippen molar-refractivity contribution in [2.24, 2.45) is 5.92 Å². The first kappa shape index (κ1) is 28.2. The van der Waals surface area contributed by atoms with Gasteiger partial charge in [-0.15, -0.1) is 0 Å². The highest BCUT2D eigenvalue weighted by molar-refractivity contribution is 5.79. The van der Waals surface area contributed by atoms with E-state index in [9.17, 15) is 19.5 Å². The Hall–Kier alpha value is -2.81. The fourth-order valence-corrected chi connectivity index (χ4v) is 6.16. The molecule has 1 N–H and O–H groups in total. The Labute approximate surface area is 226 Å². The summed E-state index contributed by atoms with van der Waals surface area (Å²) in [4.78, 5) is 46.3. The smallest absolute Gasteiger partial charge is 0.319 e. The molecule has 1 aromatic carbocycles. The van der Waals surface area contributed by atoms with Crippen molar-refractivity contribution in [1.82, 2.24) is 19.6 Å². The first-order chi connectivity index (χ1) is 18.3. The van der Waals surface area contributed by atoms with Crippen LogP contribution in [-0.2, 0) is 16.0 Å². The molecule has 1 aromatic rings. The number of fused-ring (bicyclic) bond motifs is 1. The van der Waals surface area contributed by atoms with Crippen LogP contribution in [0.15, 0.2) is 18.2 Å². The van der Waals surface area contributed by atoms with Crippen LogP contribution in [0.2, 0.25) is 0 Å². The third-order valence-electron chi connectivity index (χ3n) is 8.43. The van der Waals surface area contributed by atoms with Crippen LogP contribution in [0.25, 0.3) is 0 Å². The molecule has 0 spiro atoms. The van der Waals surface area contributed by atoms with E-state index in [1.165, 1.54) is 0 Å². The maximum Gasteiger partial charge on any atom is 0.319 e. The van der Waals surface area contributed by atoms with Crippen LogP contribution in [-0.4, -0.2) is 108 Å². The predicted molar refractivity (Wildman–Crippen MR) is 145 cm³/mol. The third kappa shape index (κ3) is 6.25. The van der Waals surface area contributed by atoms with Crippen LogP contribution in [0.3, 0.4) is 0 Å². The summed E-state index contributed by atoms with van der Waals surface area (Å²) < 4.78 is 5.67. The van der Waals surface area contributed by atoms with Crippen LogP contribution in [0, 0.1) is 5.92 Å².